The summed E-state index contributed by atoms with van der Waals surface area (Å²) in [5.41, 5.74) is 0.893. The fraction of sp³-hybridized carbons (Fsp3) is 0.600. The molecular formula is C15H24N2O2. The van der Waals surface area contributed by atoms with Crippen molar-refractivity contribution >= 4 is 0 Å². The highest BCUT2D eigenvalue weighted by molar-refractivity contribution is 5.40. The van der Waals surface area contributed by atoms with Crippen LogP contribution in [0.5, 0.6) is 11.5 Å². The lowest BCUT2D eigenvalue weighted by molar-refractivity contribution is 0.139. The molecule has 1 aliphatic heterocycles. The van der Waals surface area contributed by atoms with Crippen molar-refractivity contribution in [2.75, 3.05) is 26.7 Å². The predicted octanol–water partition coefficient (Wildman–Crippen LogP) is 2.09. The molecule has 1 atom stereocenters. The molecule has 4 heteroatoms. The van der Waals surface area contributed by atoms with E-state index in [9.17, 15) is 10.2 Å². The number of piperidine rings is 1. The first-order valence-corrected chi connectivity index (χ1v) is 7.02. The standard InChI is InChI=1S/C15H24N2O2/c1-11(14-4-3-13(18)9-15(14)19)17-7-5-12(6-8-17)10-16-2/h3-4,9,11-12,16,18-19H,5-8,10H2,1-2H3. The van der Waals surface area contributed by atoms with Crippen LogP contribution in [0, 0.1) is 5.92 Å². The van der Waals surface area contributed by atoms with Crippen LogP contribution in [0.15, 0.2) is 18.2 Å². The van der Waals surface area contributed by atoms with Gasteiger partial charge in [0, 0.05) is 17.7 Å². The number of likely N-dealkylation sites (tertiary alicyclic amines) is 1. The van der Waals surface area contributed by atoms with Gasteiger partial charge in [-0.05, 0) is 58.4 Å². The van der Waals surface area contributed by atoms with Gasteiger partial charge in [-0.3, -0.25) is 4.90 Å². The van der Waals surface area contributed by atoms with Crippen molar-refractivity contribution in [3.8, 4) is 11.5 Å². The Bertz CT molecular complexity index is 415. The second kappa shape index (κ2) is 6.26. The summed E-state index contributed by atoms with van der Waals surface area (Å²) in [6, 6.07) is 5.06. The van der Waals surface area contributed by atoms with E-state index in [1.54, 1.807) is 6.07 Å². The Hall–Kier alpha value is -1.26. The molecule has 4 nitrogen and oxygen atoms in total. The second-order valence-corrected chi connectivity index (χ2v) is 5.46. The number of hydrogen-bond donors (Lipinski definition) is 3. The van der Waals surface area contributed by atoms with Gasteiger partial charge in [0.2, 0.25) is 0 Å². The maximum absolute atomic E-state index is 9.93. The van der Waals surface area contributed by atoms with Gasteiger partial charge in [0.25, 0.3) is 0 Å². The van der Waals surface area contributed by atoms with Crippen molar-refractivity contribution in [2.45, 2.75) is 25.8 Å². The molecular weight excluding hydrogens is 240 g/mol. The zero-order chi connectivity index (χ0) is 13.8. The van der Waals surface area contributed by atoms with Crippen LogP contribution in [0.1, 0.15) is 31.4 Å². The summed E-state index contributed by atoms with van der Waals surface area (Å²) in [5, 5.41) is 22.5. The number of phenols is 2. The Morgan fingerprint density at radius 2 is 2.00 bits per heavy atom. The Balaban J connectivity index is 1.99. The van der Waals surface area contributed by atoms with Gasteiger partial charge in [0.15, 0.2) is 0 Å². The number of nitrogens with zero attached hydrogens (tertiary/aromatic N) is 1. The zero-order valence-electron chi connectivity index (χ0n) is 11.8. The third-order valence-electron chi connectivity index (χ3n) is 4.15. The van der Waals surface area contributed by atoms with Gasteiger partial charge in [0.05, 0.1) is 0 Å². The largest absolute Gasteiger partial charge is 0.508 e. The Labute approximate surface area is 115 Å². The molecule has 0 radical (unpaired) electrons. The molecule has 0 saturated carbocycles. The summed E-state index contributed by atoms with van der Waals surface area (Å²) in [6.45, 7) is 5.33. The van der Waals surface area contributed by atoms with Gasteiger partial charge in [-0.15, -0.1) is 0 Å². The van der Waals surface area contributed by atoms with Crippen LogP contribution in [0.3, 0.4) is 0 Å². The van der Waals surface area contributed by atoms with Gasteiger partial charge in [-0.1, -0.05) is 6.07 Å². The van der Waals surface area contributed by atoms with Crippen molar-refractivity contribution in [3.63, 3.8) is 0 Å². The summed E-state index contributed by atoms with van der Waals surface area (Å²) in [4.78, 5) is 2.40. The third kappa shape index (κ3) is 3.39. The van der Waals surface area contributed by atoms with Crippen LogP contribution in [-0.2, 0) is 0 Å². The van der Waals surface area contributed by atoms with E-state index in [2.05, 4.69) is 17.1 Å². The molecule has 1 aromatic carbocycles. The van der Waals surface area contributed by atoms with Crippen LogP contribution >= 0.6 is 0 Å². The highest BCUT2D eigenvalue weighted by Crippen LogP contribution is 2.33. The fourth-order valence-corrected chi connectivity index (χ4v) is 2.92. The molecule has 0 aromatic heterocycles. The Morgan fingerprint density at radius 1 is 1.32 bits per heavy atom. The molecule has 0 amide bonds. The second-order valence-electron chi connectivity index (χ2n) is 5.46. The zero-order valence-corrected chi connectivity index (χ0v) is 11.8. The molecule has 1 saturated heterocycles. The van der Waals surface area contributed by atoms with Gasteiger partial charge < -0.3 is 15.5 Å². The van der Waals surface area contributed by atoms with E-state index >= 15 is 0 Å². The highest BCUT2D eigenvalue weighted by Gasteiger charge is 2.24. The minimum absolute atomic E-state index is 0.112. The SMILES string of the molecule is CNCC1CCN(C(C)c2ccc(O)cc2O)CC1. The minimum Gasteiger partial charge on any atom is -0.508 e. The van der Waals surface area contributed by atoms with Crippen molar-refractivity contribution in [1.82, 2.24) is 10.2 Å². The third-order valence-corrected chi connectivity index (χ3v) is 4.15. The average molecular weight is 264 g/mol. The van der Waals surface area contributed by atoms with Gasteiger partial charge in [0.1, 0.15) is 11.5 Å². The molecule has 1 aliphatic rings. The van der Waals surface area contributed by atoms with Crippen molar-refractivity contribution in [1.29, 1.82) is 0 Å². The first-order chi connectivity index (χ1) is 9.11. The lowest BCUT2D eigenvalue weighted by atomic mass is 9.94. The van der Waals surface area contributed by atoms with Crippen molar-refractivity contribution < 1.29 is 10.2 Å². The molecule has 1 aromatic rings. The van der Waals surface area contributed by atoms with E-state index in [4.69, 9.17) is 0 Å². The summed E-state index contributed by atoms with van der Waals surface area (Å²) in [6.07, 6.45) is 2.40. The first-order valence-electron chi connectivity index (χ1n) is 7.02. The van der Waals surface area contributed by atoms with E-state index < -0.39 is 0 Å². The number of nitrogens with one attached hydrogen (secondary N) is 1. The van der Waals surface area contributed by atoms with Crippen molar-refractivity contribution in [2.24, 2.45) is 5.92 Å². The number of benzene rings is 1. The average Bonchev–Trinajstić information content (AvgIpc) is 2.39. The summed E-state index contributed by atoms with van der Waals surface area (Å²) >= 11 is 0. The lowest BCUT2D eigenvalue weighted by Gasteiger charge is -2.36. The van der Waals surface area contributed by atoms with Gasteiger partial charge in [-0.2, -0.15) is 0 Å². The van der Waals surface area contributed by atoms with E-state index in [-0.39, 0.29) is 17.5 Å². The van der Waals surface area contributed by atoms with Crippen LogP contribution in [0.25, 0.3) is 0 Å². The van der Waals surface area contributed by atoms with Crippen LogP contribution in [-0.4, -0.2) is 41.8 Å². The lowest BCUT2D eigenvalue weighted by Crippen LogP contribution is -2.38. The summed E-state index contributed by atoms with van der Waals surface area (Å²) in [5.74, 6) is 1.06. The molecule has 1 unspecified atom stereocenters. The van der Waals surface area contributed by atoms with Crippen molar-refractivity contribution in [3.05, 3.63) is 23.8 Å². The van der Waals surface area contributed by atoms with E-state index in [0.29, 0.717) is 0 Å². The number of rotatable bonds is 4. The Morgan fingerprint density at radius 3 is 2.58 bits per heavy atom. The fourth-order valence-electron chi connectivity index (χ4n) is 2.92. The minimum atomic E-state index is 0.112. The molecule has 19 heavy (non-hydrogen) atoms. The van der Waals surface area contributed by atoms with E-state index in [0.717, 1.165) is 31.1 Å². The predicted molar refractivity (Wildman–Crippen MR) is 76.4 cm³/mol. The van der Waals surface area contributed by atoms with E-state index in [1.807, 2.05) is 13.1 Å². The molecule has 0 aliphatic carbocycles. The van der Waals surface area contributed by atoms with Crippen LogP contribution in [0.2, 0.25) is 0 Å². The number of aromatic hydroxyl groups is 2. The molecule has 0 spiro atoms. The van der Waals surface area contributed by atoms with Gasteiger partial charge in [-0.25, -0.2) is 0 Å². The van der Waals surface area contributed by atoms with Gasteiger partial charge >= 0.3 is 0 Å². The highest BCUT2D eigenvalue weighted by atomic mass is 16.3. The number of phenolic OH excluding ortho intramolecular Hbond substituents is 2. The molecule has 0 bridgehead atoms. The molecule has 3 N–H and O–H groups in total. The summed E-state index contributed by atoms with van der Waals surface area (Å²) in [7, 11) is 2.00. The topological polar surface area (TPSA) is 55.7 Å². The molecule has 106 valence electrons. The smallest absolute Gasteiger partial charge is 0.124 e. The van der Waals surface area contributed by atoms with E-state index in [1.165, 1.54) is 18.9 Å². The maximum Gasteiger partial charge on any atom is 0.124 e. The quantitative estimate of drug-likeness (QED) is 0.779. The first kappa shape index (κ1) is 14.2. The monoisotopic (exact) mass is 264 g/mol. The van der Waals surface area contributed by atoms with Crippen LogP contribution < -0.4 is 5.32 Å². The Kier molecular flexibility index (Phi) is 4.66. The molecule has 1 heterocycles. The molecule has 2 rings (SSSR count). The number of hydrogen-bond acceptors (Lipinski definition) is 4. The maximum atomic E-state index is 9.93. The van der Waals surface area contributed by atoms with Crippen LogP contribution in [0.4, 0.5) is 0 Å². The normalized spacial score (nSPS) is 19.5. The summed E-state index contributed by atoms with van der Waals surface area (Å²) < 4.78 is 0. The molecule has 1 fully saturated rings.